The lowest BCUT2D eigenvalue weighted by atomic mass is 10.2. The fraction of sp³-hybridized carbons (Fsp3) is 0.0833. The lowest BCUT2D eigenvalue weighted by Gasteiger charge is -2.06. The minimum absolute atomic E-state index is 0.307. The van der Waals surface area contributed by atoms with Crippen LogP contribution in [0.25, 0.3) is 6.08 Å². The highest BCUT2D eigenvalue weighted by molar-refractivity contribution is 9.10. The van der Waals surface area contributed by atoms with Crippen molar-refractivity contribution in [2.75, 3.05) is 6.61 Å². The fourth-order valence-electron chi connectivity index (χ4n) is 1.44. The summed E-state index contributed by atoms with van der Waals surface area (Å²) in [5, 5.41) is 10.3. The Labute approximate surface area is 126 Å². The Morgan fingerprint density at radius 3 is 2.75 bits per heavy atom. The van der Waals surface area contributed by atoms with Crippen LogP contribution in [0.3, 0.4) is 0 Å². The lowest BCUT2D eigenvalue weighted by molar-refractivity contribution is -0.139. The highest BCUT2D eigenvalue weighted by Crippen LogP contribution is 2.30. The molecule has 1 heterocycles. The van der Waals surface area contributed by atoms with Crippen LogP contribution in [0.5, 0.6) is 5.75 Å². The zero-order valence-electron chi connectivity index (χ0n) is 9.88. The van der Waals surface area contributed by atoms with E-state index in [-0.39, 0.29) is 0 Å². The molecule has 0 radical (unpaired) electrons. The van der Waals surface area contributed by atoms with Crippen LogP contribution in [0.2, 0.25) is 0 Å². The number of carboxylic acids is 1. The molecule has 0 aromatic heterocycles. The molecule has 0 aliphatic carbocycles. The maximum atomic E-state index is 11.4. The summed E-state index contributed by atoms with van der Waals surface area (Å²) in [5.74, 6) is -1.11. The normalized spacial score (nSPS) is 16.4. The van der Waals surface area contributed by atoms with Gasteiger partial charge in [0.15, 0.2) is 6.61 Å². The monoisotopic (exact) mass is 357 g/mol. The van der Waals surface area contributed by atoms with E-state index >= 15 is 0 Å². The van der Waals surface area contributed by atoms with Crippen molar-refractivity contribution >= 4 is 50.9 Å². The molecule has 0 bridgehead atoms. The number of imide groups is 1. The average molecular weight is 358 g/mol. The van der Waals surface area contributed by atoms with Crippen molar-refractivity contribution in [1.82, 2.24) is 5.32 Å². The van der Waals surface area contributed by atoms with Gasteiger partial charge in [0.05, 0.1) is 9.38 Å². The summed E-state index contributed by atoms with van der Waals surface area (Å²) in [6, 6.07) is 4.91. The van der Waals surface area contributed by atoms with E-state index < -0.39 is 23.7 Å². The molecular formula is C12H8BrNO5S. The first-order valence-corrected chi connectivity index (χ1v) is 6.95. The predicted octanol–water partition coefficient (Wildman–Crippen LogP) is 2.24. The molecule has 2 N–H and O–H groups in total. The van der Waals surface area contributed by atoms with E-state index in [0.717, 1.165) is 11.8 Å². The van der Waals surface area contributed by atoms with Gasteiger partial charge in [-0.25, -0.2) is 4.79 Å². The SMILES string of the molecule is O=C(O)COc1ccc(/C=C2\SC(=O)NC2=O)cc1Br. The lowest BCUT2D eigenvalue weighted by Crippen LogP contribution is -2.17. The first kappa shape index (κ1) is 14.6. The Bertz CT molecular complexity index is 628. The van der Waals surface area contributed by atoms with Crippen LogP contribution in [0, 0.1) is 0 Å². The van der Waals surface area contributed by atoms with Gasteiger partial charge in [-0.05, 0) is 51.5 Å². The first-order chi connectivity index (χ1) is 9.45. The topological polar surface area (TPSA) is 92.7 Å². The van der Waals surface area contributed by atoms with Crippen LogP contribution in [0.15, 0.2) is 27.6 Å². The van der Waals surface area contributed by atoms with Gasteiger partial charge in [0, 0.05) is 0 Å². The Morgan fingerprint density at radius 2 is 2.20 bits per heavy atom. The maximum absolute atomic E-state index is 11.4. The largest absolute Gasteiger partial charge is 0.481 e. The number of ether oxygens (including phenoxy) is 1. The third-order valence-electron chi connectivity index (χ3n) is 2.25. The molecule has 104 valence electrons. The van der Waals surface area contributed by atoms with E-state index in [0.29, 0.717) is 20.7 Å². The molecule has 20 heavy (non-hydrogen) atoms. The summed E-state index contributed by atoms with van der Waals surface area (Å²) >= 11 is 4.08. The highest BCUT2D eigenvalue weighted by Gasteiger charge is 2.24. The maximum Gasteiger partial charge on any atom is 0.341 e. The number of carbonyl (C=O) groups is 3. The third kappa shape index (κ3) is 3.61. The second-order valence-electron chi connectivity index (χ2n) is 3.72. The van der Waals surface area contributed by atoms with Crippen LogP contribution in [-0.2, 0) is 9.59 Å². The van der Waals surface area contributed by atoms with Gasteiger partial charge in [-0.3, -0.25) is 14.9 Å². The van der Waals surface area contributed by atoms with E-state index in [9.17, 15) is 14.4 Å². The van der Waals surface area contributed by atoms with Crippen molar-refractivity contribution in [3.05, 3.63) is 33.1 Å². The number of carboxylic acid groups (broad SMARTS) is 1. The standard InChI is InChI=1S/C12H8BrNO5S/c13-7-3-6(1-2-8(7)19-5-10(15)16)4-9-11(17)14-12(18)20-9/h1-4H,5H2,(H,15,16)(H,14,17,18)/b9-4-. The number of aliphatic carboxylic acids is 1. The number of amides is 2. The van der Waals surface area contributed by atoms with Crippen molar-refractivity contribution in [1.29, 1.82) is 0 Å². The van der Waals surface area contributed by atoms with Gasteiger partial charge in [0.25, 0.3) is 11.1 Å². The Kier molecular flexibility index (Phi) is 4.46. The smallest absolute Gasteiger partial charge is 0.341 e. The van der Waals surface area contributed by atoms with Gasteiger partial charge in [0.2, 0.25) is 0 Å². The average Bonchev–Trinajstić information content (AvgIpc) is 2.66. The molecule has 1 aromatic carbocycles. The number of hydrogen-bond donors (Lipinski definition) is 2. The molecule has 1 fully saturated rings. The Morgan fingerprint density at radius 1 is 1.45 bits per heavy atom. The molecular weight excluding hydrogens is 350 g/mol. The summed E-state index contributed by atoms with van der Waals surface area (Å²) < 4.78 is 5.61. The molecule has 6 nitrogen and oxygen atoms in total. The molecule has 8 heteroatoms. The molecule has 1 aliphatic rings. The van der Waals surface area contributed by atoms with Gasteiger partial charge in [-0.2, -0.15) is 0 Å². The summed E-state index contributed by atoms with van der Waals surface area (Å²) in [6.07, 6.45) is 1.57. The molecule has 1 aromatic rings. The molecule has 0 atom stereocenters. The Balaban J connectivity index is 2.17. The minimum Gasteiger partial charge on any atom is -0.481 e. The molecule has 0 unspecified atom stereocenters. The Hall–Kier alpha value is -1.80. The van der Waals surface area contributed by atoms with Gasteiger partial charge in [-0.15, -0.1) is 0 Å². The van der Waals surface area contributed by atoms with E-state index in [1.54, 1.807) is 24.3 Å². The van der Waals surface area contributed by atoms with Gasteiger partial charge in [-0.1, -0.05) is 6.07 Å². The first-order valence-electron chi connectivity index (χ1n) is 5.34. The minimum atomic E-state index is -1.07. The zero-order chi connectivity index (χ0) is 14.7. The van der Waals surface area contributed by atoms with Crippen LogP contribution in [0.4, 0.5) is 4.79 Å². The number of benzene rings is 1. The van der Waals surface area contributed by atoms with E-state index in [2.05, 4.69) is 21.2 Å². The second-order valence-corrected chi connectivity index (χ2v) is 5.59. The van der Waals surface area contributed by atoms with E-state index in [1.165, 1.54) is 0 Å². The number of hydrogen-bond acceptors (Lipinski definition) is 5. The van der Waals surface area contributed by atoms with Crippen molar-refractivity contribution in [3.8, 4) is 5.75 Å². The second kappa shape index (κ2) is 6.10. The van der Waals surface area contributed by atoms with Crippen molar-refractivity contribution in [3.63, 3.8) is 0 Å². The number of carbonyl (C=O) groups excluding carboxylic acids is 2. The van der Waals surface area contributed by atoms with Gasteiger partial charge in [0.1, 0.15) is 5.75 Å². The fourth-order valence-corrected chi connectivity index (χ4v) is 2.63. The molecule has 0 spiro atoms. The molecule has 1 aliphatic heterocycles. The molecule has 1 saturated heterocycles. The summed E-state index contributed by atoms with van der Waals surface area (Å²) in [7, 11) is 0. The zero-order valence-corrected chi connectivity index (χ0v) is 12.3. The van der Waals surface area contributed by atoms with Gasteiger partial charge < -0.3 is 9.84 Å². The van der Waals surface area contributed by atoms with E-state index in [4.69, 9.17) is 9.84 Å². The number of thioether (sulfide) groups is 1. The summed E-state index contributed by atoms with van der Waals surface area (Å²) in [6.45, 7) is -0.439. The van der Waals surface area contributed by atoms with Crippen molar-refractivity contribution in [2.24, 2.45) is 0 Å². The number of halogens is 1. The number of nitrogens with one attached hydrogen (secondary N) is 1. The van der Waals surface area contributed by atoms with Crippen LogP contribution >= 0.6 is 27.7 Å². The predicted molar refractivity (Wildman–Crippen MR) is 76.4 cm³/mol. The quantitative estimate of drug-likeness (QED) is 0.802. The molecule has 0 saturated carbocycles. The molecule has 2 rings (SSSR count). The van der Waals surface area contributed by atoms with Crippen LogP contribution in [-0.4, -0.2) is 28.8 Å². The van der Waals surface area contributed by atoms with E-state index in [1.807, 2.05) is 0 Å². The van der Waals surface area contributed by atoms with Crippen LogP contribution < -0.4 is 10.1 Å². The third-order valence-corrected chi connectivity index (χ3v) is 3.68. The van der Waals surface area contributed by atoms with Crippen molar-refractivity contribution in [2.45, 2.75) is 0 Å². The summed E-state index contributed by atoms with van der Waals surface area (Å²) in [5.41, 5.74) is 0.687. The summed E-state index contributed by atoms with van der Waals surface area (Å²) in [4.78, 5) is 33.2. The van der Waals surface area contributed by atoms with Crippen molar-refractivity contribution < 1.29 is 24.2 Å². The van der Waals surface area contributed by atoms with Crippen LogP contribution in [0.1, 0.15) is 5.56 Å². The number of rotatable bonds is 4. The molecule has 2 amide bonds. The highest BCUT2D eigenvalue weighted by atomic mass is 79.9. The van der Waals surface area contributed by atoms with Gasteiger partial charge >= 0.3 is 5.97 Å².